The minimum atomic E-state index is -0.494. The number of aryl methyl sites for hydroxylation is 1. The number of carbonyl (C=O) groups is 1. The molecule has 23 heavy (non-hydrogen) atoms. The molecule has 1 amide bonds. The van der Waals surface area contributed by atoms with Crippen LogP contribution >= 0.6 is 0 Å². The molecule has 3 rings (SSSR count). The number of nitrogens with zero attached hydrogens (tertiary/aromatic N) is 1. The number of ether oxygens (including phenoxy) is 1. The number of rotatable bonds is 1. The van der Waals surface area contributed by atoms with E-state index in [9.17, 15) is 4.79 Å². The van der Waals surface area contributed by atoms with Crippen LogP contribution in [0, 0.1) is 11.3 Å². The Balaban J connectivity index is 1.80. The predicted molar refractivity (Wildman–Crippen MR) is 88.2 cm³/mol. The highest BCUT2D eigenvalue weighted by Gasteiger charge is 2.25. The first-order valence-electron chi connectivity index (χ1n) is 7.89. The zero-order chi connectivity index (χ0) is 16.6. The van der Waals surface area contributed by atoms with Crippen molar-refractivity contribution in [2.75, 3.05) is 0 Å². The van der Waals surface area contributed by atoms with Gasteiger partial charge in [0.15, 0.2) is 0 Å². The second-order valence-corrected chi connectivity index (χ2v) is 7.04. The normalized spacial score (nSPS) is 17.4. The second-order valence-electron chi connectivity index (χ2n) is 7.04. The van der Waals surface area contributed by atoms with Gasteiger partial charge in [-0.3, -0.25) is 0 Å². The summed E-state index contributed by atoms with van der Waals surface area (Å²) in [5, 5.41) is 13.1. The van der Waals surface area contributed by atoms with Crippen molar-refractivity contribution >= 4 is 17.0 Å². The largest absolute Gasteiger partial charge is 0.444 e. The molecule has 1 aliphatic rings. The average molecular weight is 311 g/mol. The molecule has 1 aromatic heterocycles. The van der Waals surface area contributed by atoms with Gasteiger partial charge in [-0.15, -0.1) is 0 Å². The van der Waals surface area contributed by atoms with Gasteiger partial charge in [-0.05, 0) is 63.8 Å². The van der Waals surface area contributed by atoms with Crippen molar-refractivity contribution in [3.8, 4) is 6.07 Å². The summed E-state index contributed by atoms with van der Waals surface area (Å²) in [7, 11) is 0. The molecule has 2 N–H and O–H groups in total. The molecule has 0 saturated heterocycles. The summed E-state index contributed by atoms with van der Waals surface area (Å²) in [5.41, 5.74) is 3.61. The van der Waals surface area contributed by atoms with Crippen LogP contribution in [0.1, 0.15) is 44.0 Å². The SMILES string of the molecule is CC(C)(C)OC(=O)NC1CCc2[nH]c3ccc(C#N)cc3c2C1. The summed E-state index contributed by atoms with van der Waals surface area (Å²) in [6, 6.07) is 7.92. The number of carbonyl (C=O) groups excluding carboxylic acids is 1. The molecule has 0 bridgehead atoms. The number of amides is 1. The van der Waals surface area contributed by atoms with Crippen molar-refractivity contribution in [3.63, 3.8) is 0 Å². The second kappa shape index (κ2) is 5.62. The van der Waals surface area contributed by atoms with Crippen molar-refractivity contribution in [1.82, 2.24) is 10.3 Å². The third-order valence-corrected chi connectivity index (χ3v) is 4.04. The van der Waals surface area contributed by atoms with Crippen molar-refractivity contribution in [2.24, 2.45) is 0 Å². The summed E-state index contributed by atoms with van der Waals surface area (Å²) >= 11 is 0. The van der Waals surface area contributed by atoms with Crippen molar-refractivity contribution in [1.29, 1.82) is 5.26 Å². The molecular weight excluding hydrogens is 290 g/mol. The average Bonchev–Trinajstić information content (AvgIpc) is 2.82. The van der Waals surface area contributed by atoms with Gasteiger partial charge in [-0.25, -0.2) is 4.79 Å². The zero-order valence-electron chi connectivity index (χ0n) is 13.7. The fourth-order valence-electron chi connectivity index (χ4n) is 3.08. The van der Waals surface area contributed by atoms with Gasteiger partial charge in [-0.2, -0.15) is 5.26 Å². The summed E-state index contributed by atoms with van der Waals surface area (Å²) in [6.45, 7) is 5.57. The predicted octanol–water partition coefficient (Wildman–Crippen LogP) is 3.42. The first-order chi connectivity index (χ1) is 10.9. The summed E-state index contributed by atoms with van der Waals surface area (Å²) in [6.07, 6.45) is 2.14. The van der Waals surface area contributed by atoms with E-state index in [1.807, 2.05) is 39.0 Å². The van der Waals surface area contributed by atoms with Gasteiger partial charge in [-0.1, -0.05) is 0 Å². The molecule has 0 saturated carbocycles. The van der Waals surface area contributed by atoms with Crippen LogP contribution in [-0.4, -0.2) is 22.7 Å². The first kappa shape index (κ1) is 15.4. The molecular formula is C18H21N3O2. The van der Waals surface area contributed by atoms with Crippen molar-refractivity contribution in [2.45, 2.75) is 51.7 Å². The molecule has 1 aromatic carbocycles. The molecule has 1 heterocycles. The molecule has 5 nitrogen and oxygen atoms in total. The molecule has 0 aliphatic heterocycles. The molecule has 1 atom stereocenters. The monoisotopic (exact) mass is 311 g/mol. The van der Waals surface area contributed by atoms with E-state index in [-0.39, 0.29) is 12.1 Å². The lowest BCUT2D eigenvalue weighted by molar-refractivity contribution is 0.0500. The highest BCUT2D eigenvalue weighted by Crippen LogP contribution is 2.30. The molecule has 1 unspecified atom stereocenters. The maximum Gasteiger partial charge on any atom is 0.407 e. The summed E-state index contributed by atoms with van der Waals surface area (Å²) < 4.78 is 5.33. The van der Waals surface area contributed by atoms with E-state index in [1.54, 1.807) is 0 Å². The van der Waals surface area contributed by atoms with Gasteiger partial charge in [0.25, 0.3) is 0 Å². The van der Waals surface area contributed by atoms with Crippen LogP contribution in [0.5, 0.6) is 0 Å². The maximum absolute atomic E-state index is 12.0. The van der Waals surface area contributed by atoms with E-state index in [2.05, 4.69) is 16.4 Å². The van der Waals surface area contributed by atoms with Crippen LogP contribution in [-0.2, 0) is 17.6 Å². The van der Waals surface area contributed by atoms with Crippen LogP contribution < -0.4 is 5.32 Å². The van der Waals surface area contributed by atoms with E-state index in [0.717, 1.165) is 30.2 Å². The number of fused-ring (bicyclic) bond motifs is 3. The molecule has 2 aromatic rings. The lowest BCUT2D eigenvalue weighted by atomic mass is 9.91. The van der Waals surface area contributed by atoms with E-state index in [1.165, 1.54) is 11.3 Å². The number of H-pyrrole nitrogens is 1. The van der Waals surface area contributed by atoms with Crippen LogP contribution in [0.4, 0.5) is 4.79 Å². The molecule has 0 fully saturated rings. The molecule has 1 aliphatic carbocycles. The number of aromatic nitrogens is 1. The maximum atomic E-state index is 12.0. The highest BCUT2D eigenvalue weighted by atomic mass is 16.6. The van der Waals surface area contributed by atoms with Crippen LogP contribution in [0.25, 0.3) is 10.9 Å². The molecule has 5 heteroatoms. The standard InChI is InChI=1S/C18H21N3O2/c1-18(2,3)23-17(22)20-12-5-7-16-14(9-12)13-8-11(10-19)4-6-15(13)21-16/h4,6,8,12,21H,5,7,9H2,1-3H3,(H,20,22). The summed E-state index contributed by atoms with van der Waals surface area (Å²) in [5.74, 6) is 0. The van der Waals surface area contributed by atoms with E-state index in [4.69, 9.17) is 10.00 Å². The molecule has 120 valence electrons. The quantitative estimate of drug-likeness (QED) is 0.847. The third-order valence-electron chi connectivity index (χ3n) is 4.04. The Labute approximate surface area is 135 Å². The Hall–Kier alpha value is -2.48. The van der Waals surface area contributed by atoms with Gasteiger partial charge in [0.1, 0.15) is 5.60 Å². The summed E-state index contributed by atoms with van der Waals surface area (Å²) in [4.78, 5) is 15.4. The van der Waals surface area contributed by atoms with Crippen LogP contribution in [0.3, 0.4) is 0 Å². The number of benzene rings is 1. The number of alkyl carbamates (subject to hydrolysis) is 1. The topological polar surface area (TPSA) is 77.9 Å². The Morgan fingerprint density at radius 1 is 1.43 bits per heavy atom. The number of nitrogens with one attached hydrogen (secondary N) is 2. The number of aromatic amines is 1. The van der Waals surface area contributed by atoms with Crippen molar-refractivity contribution in [3.05, 3.63) is 35.0 Å². The smallest absolute Gasteiger partial charge is 0.407 e. The first-order valence-corrected chi connectivity index (χ1v) is 7.89. The Kier molecular flexibility index (Phi) is 3.77. The molecule has 0 radical (unpaired) electrons. The molecule has 0 spiro atoms. The Bertz CT molecular complexity index is 793. The van der Waals surface area contributed by atoms with Gasteiger partial charge >= 0.3 is 6.09 Å². The fourth-order valence-corrected chi connectivity index (χ4v) is 3.08. The fraction of sp³-hybridized carbons (Fsp3) is 0.444. The lowest BCUT2D eigenvalue weighted by Gasteiger charge is -2.26. The van der Waals surface area contributed by atoms with Crippen LogP contribution in [0.15, 0.2) is 18.2 Å². The Morgan fingerprint density at radius 3 is 2.91 bits per heavy atom. The number of hydrogen-bond donors (Lipinski definition) is 2. The Morgan fingerprint density at radius 2 is 2.22 bits per heavy atom. The van der Waals surface area contributed by atoms with E-state index >= 15 is 0 Å². The highest BCUT2D eigenvalue weighted by molar-refractivity contribution is 5.86. The van der Waals surface area contributed by atoms with Gasteiger partial charge in [0, 0.05) is 22.6 Å². The van der Waals surface area contributed by atoms with E-state index < -0.39 is 5.60 Å². The minimum absolute atomic E-state index is 0.0575. The van der Waals surface area contributed by atoms with Crippen molar-refractivity contribution < 1.29 is 9.53 Å². The minimum Gasteiger partial charge on any atom is -0.444 e. The zero-order valence-corrected chi connectivity index (χ0v) is 13.7. The number of nitriles is 1. The lowest BCUT2D eigenvalue weighted by Crippen LogP contribution is -2.41. The third kappa shape index (κ3) is 3.31. The van der Waals surface area contributed by atoms with E-state index in [0.29, 0.717) is 5.56 Å². The van der Waals surface area contributed by atoms with Gasteiger partial charge in [0.05, 0.1) is 11.6 Å². The van der Waals surface area contributed by atoms with Gasteiger partial charge < -0.3 is 15.0 Å². The van der Waals surface area contributed by atoms with Gasteiger partial charge in [0.2, 0.25) is 0 Å². The van der Waals surface area contributed by atoms with Crippen LogP contribution in [0.2, 0.25) is 0 Å². The number of hydrogen-bond acceptors (Lipinski definition) is 3.